The third kappa shape index (κ3) is 2.33. The number of rotatable bonds is 3. The SMILES string of the molecule is CCC1(C(N)c2c(C)c(C)cc(C)c2C)CCCC1. The predicted octanol–water partition coefficient (Wildman–Crippen LogP) is 4.89. The van der Waals surface area contributed by atoms with Crippen molar-refractivity contribution in [1.29, 1.82) is 0 Å². The van der Waals surface area contributed by atoms with E-state index in [-0.39, 0.29) is 6.04 Å². The molecular weight excluding hydrogens is 230 g/mol. The molecule has 1 unspecified atom stereocenters. The fourth-order valence-corrected chi connectivity index (χ4v) is 3.98. The highest BCUT2D eigenvalue weighted by atomic mass is 14.7. The van der Waals surface area contributed by atoms with E-state index in [1.54, 1.807) is 0 Å². The summed E-state index contributed by atoms with van der Waals surface area (Å²) in [4.78, 5) is 0. The largest absolute Gasteiger partial charge is 0.323 e. The van der Waals surface area contributed by atoms with E-state index in [0.29, 0.717) is 5.41 Å². The highest BCUT2D eigenvalue weighted by molar-refractivity contribution is 5.46. The van der Waals surface area contributed by atoms with Crippen LogP contribution in [-0.2, 0) is 0 Å². The molecule has 0 amide bonds. The number of aryl methyl sites for hydroxylation is 2. The normalized spacial score (nSPS) is 19.7. The molecule has 0 radical (unpaired) electrons. The molecule has 1 heteroatoms. The van der Waals surface area contributed by atoms with Crippen LogP contribution in [-0.4, -0.2) is 0 Å². The van der Waals surface area contributed by atoms with Gasteiger partial charge in [-0.25, -0.2) is 0 Å². The summed E-state index contributed by atoms with van der Waals surface area (Å²) in [5, 5.41) is 0. The molecular formula is C18H29N. The first-order chi connectivity index (χ1) is 8.93. The molecule has 1 aliphatic rings. The lowest BCUT2D eigenvalue weighted by atomic mass is 9.71. The monoisotopic (exact) mass is 259 g/mol. The van der Waals surface area contributed by atoms with Gasteiger partial charge in [0.2, 0.25) is 0 Å². The van der Waals surface area contributed by atoms with Gasteiger partial charge < -0.3 is 5.73 Å². The molecule has 0 heterocycles. The van der Waals surface area contributed by atoms with Crippen LogP contribution in [0, 0.1) is 33.1 Å². The first-order valence-corrected chi connectivity index (χ1v) is 7.76. The van der Waals surface area contributed by atoms with Gasteiger partial charge in [-0.15, -0.1) is 0 Å². The second-order valence-electron chi connectivity index (χ2n) is 6.57. The van der Waals surface area contributed by atoms with Crippen molar-refractivity contribution in [3.63, 3.8) is 0 Å². The molecule has 1 fully saturated rings. The summed E-state index contributed by atoms with van der Waals surface area (Å²) in [6.07, 6.45) is 6.52. The van der Waals surface area contributed by atoms with Gasteiger partial charge in [-0.1, -0.05) is 25.8 Å². The molecule has 106 valence electrons. The molecule has 1 saturated carbocycles. The minimum absolute atomic E-state index is 0.207. The molecule has 1 aromatic carbocycles. The maximum absolute atomic E-state index is 6.79. The fourth-order valence-electron chi connectivity index (χ4n) is 3.98. The van der Waals surface area contributed by atoms with Crippen molar-refractivity contribution in [3.05, 3.63) is 33.9 Å². The smallest absolute Gasteiger partial charge is 0.0357 e. The number of hydrogen-bond donors (Lipinski definition) is 1. The van der Waals surface area contributed by atoms with Crippen LogP contribution in [0.3, 0.4) is 0 Å². The first-order valence-electron chi connectivity index (χ1n) is 7.76. The van der Waals surface area contributed by atoms with Crippen molar-refractivity contribution in [2.45, 2.75) is 72.8 Å². The third-order valence-corrected chi connectivity index (χ3v) is 5.70. The Morgan fingerprint density at radius 2 is 1.53 bits per heavy atom. The second-order valence-corrected chi connectivity index (χ2v) is 6.57. The van der Waals surface area contributed by atoms with Crippen molar-refractivity contribution in [1.82, 2.24) is 0 Å². The van der Waals surface area contributed by atoms with Crippen LogP contribution in [0.5, 0.6) is 0 Å². The lowest BCUT2D eigenvalue weighted by Crippen LogP contribution is -2.33. The van der Waals surface area contributed by atoms with Crippen LogP contribution in [0.2, 0.25) is 0 Å². The van der Waals surface area contributed by atoms with Crippen LogP contribution < -0.4 is 5.73 Å². The third-order valence-electron chi connectivity index (χ3n) is 5.70. The zero-order valence-electron chi connectivity index (χ0n) is 13.3. The summed E-state index contributed by atoms with van der Waals surface area (Å²) in [7, 11) is 0. The molecule has 1 aromatic rings. The van der Waals surface area contributed by atoms with Crippen LogP contribution in [0.25, 0.3) is 0 Å². The molecule has 2 N–H and O–H groups in total. The molecule has 0 saturated heterocycles. The molecule has 0 spiro atoms. The van der Waals surface area contributed by atoms with E-state index in [1.165, 1.54) is 59.9 Å². The molecule has 1 nitrogen and oxygen atoms in total. The van der Waals surface area contributed by atoms with Gasteiger partial charge in [0.1, 0.15) is 0 Å². The van der Waals surface area contributed by atoms with Crippen LogP contribution in [0.15, 0.2) is 6.07 Å². The topological polar surface area (TPSA) is 26.0 Å². The van der Waals surface area contributed by atoms with Gasteiger partial charge >= 0.3 is 0 Å². The lowest BCUT2D eigenvalue weighted by molar-refractivity contribution is 0.221. The summed E-state index contributed by atoms with van der Waals surface area (Å²) in [6, 6.07) is 2.51. The Balaban J connectivity index is 2.52. The Bertz CT molecular complexity index is 441. The molecule has 19 heavy (non-hydrogen) atoms. The standard InChI is InChI=1S/C18H29N/c1-6-18(9-7-8-10-18)17(19)16-14(4)12(2)11-13(3)15(16)5/h11,17H,6-10,19H2,1-5H3. The van der Waals surface area contributed by atoms with Crippen molar-refractivity contribution >= 4 is 0 Å². The minimum atomic E-state index is 0.207. The van der Waals surface area contributed by atoms with E-state index in [4.69, 9.17) is 5.73 Å². The summed E-state index contributed by atoms with van der Waals surface area (Å²) < 4.78 is 0. The Morgan fingerprint density at radius 3 is 1.95 bits per heavy atom. The van der Waals surface area contributed by atoms with Crippen molar-refractivity contribution in [3.8, 4) is 0 Å². The summed E-state index contributed by atoms with van der Waals surface area (Å²) in [6.45, 7) is 11.2. The van der Waals surface area contributed by atoms with Gasteiger partial charge in [0.15, 0.2) is 0 Å². The van der Waals surface area contributed by atoms with Crippen molar-refractivity contribution in [2.24, 2.45) is 11.1 Å². The maximum Gasteiger partial charge on any atom is 0.0357 e. The Morgan fingerprint density at radius 1 is 1.05 bits per heavy atom. The van der Waals surface area contributed by atoms with Crippen molar-refractivity contribution < 1.29 is 0 Å². The second kappa shape index (κ2) is 5.28. The van der Waals surface area contributed by atoms with Gasteiger partial charge in [-0.3, -0.25) is 0 Å². The average Bonchev–Trinajstić information content (AvgIpc) is 2.86. The van der Waals surface area contributed by atoms with Gasteiger partial charge in [-0.2, -0.15) is 0 Å². The number of benzene rings is 1. The van der Waals surface area contributed by atoms with E-state index in [9.17, 15) is 0 Å². The maximum atomic E-state index is 6.79. The first kappa shape index (κ1) is 14.6. The molecule has 0 aliphatic heterocycles. The van der Waals surface area contributed by atoms with Crippen LogP contribution >= 0.6 is 0 Å². The van der Waals surface area contributed by atoms with Crippen molar-refractivity contribution in [2.75, 3.05) is 0 Å². The zero-order chi connectivity index (χ0) is 14.2. The molecule has 2 rings (SSSR count). The Labute approximate surface area is 118 Å². The van der Waals surface area contributed by atoms with Gasteiger partial charge in [0.25, 0.3) is 0 Å². The zero-order valence-corrected chi connectivity index (χ0v) is 13.3. The highest BCUT2D eigenvalue weighted by Gasteiger charge is 2.39. The van der Waals surface area contributed by atoms with E-state index in [2.05, 4.69) is 40.7 Å². The van der Waals surface area contributed by atoms with Crippen LogP contribution in [0.1, 0.15) is 72.9 Å². The summed E-state index contributed by atoms with van der Waals surface area (Å²) in [5.41, 5.74) is 14.2. The minimum Gasteiger partial charge on any atom is -0.323 e. The highest BCUT2D eigenvalue weighted by Crippen LogP contribution is 2.50. The molecule has 0 bridgehead atoms. The molecule has 0 aromatic heterocycles. The quantitative estimate of drug-likeness (QED) is 0.821. The van der Waals surface area contributed by atoms with E-state index < -0.39 is 0 Å². The fraction of sp³-hybridized carbons (Fsp3) is 0.667. The van der Waals surface area contributed by atoms with Gasteiger partial charge in [0.05, 0.1) is 0 Å². The number of nitrogens with two attached hydrogens (primary N) is 1. The number of hydrogen-bond acceptors (Lipinski definition) is 1. The average molecular weight is 259 g/mol. The molecule has 1 atom stereocenters. The Kier molecular flexibility index (Phi) is 4.06. The van der Waals surface area contributed by atoms with Crippen LogP contribution in [0.4, 0.5) is 0 Å². The van der Waals surface area contributed by atoms with Gasteiger partial charge in [-0.05, 0) is 80.2 Å². The lowest BCUT2D eigenvalue weighted by Gasteiger charge is -2.37. The van der Waals surface area contributed by atoms with E-state index in [1.807, 2.05) is 0 Å². The Hall–Kier alpha value is -0.820. The van der Waals surface area contributed by atoms with E-state index >= 15 is 0 Å². The summed E-state index contributed by atoms with van der Waals surface area (Å²) >= 11 is 0. The summed E-state index contributed by atoms with van der Waals surface area (Å²) in [5.74, 6) is 0. The molecule has 1 aliphatic carbocycles. The van der Waals surface area contributed by atoms with Gasteiger partial charge in [0, 0.05) is 6.04 Å². The van der Waals surface area contributed by atoms with E-state index in [0.717, 1.165) is 0 Å². The predicted molar refractivity (Wildman–Crippen MR) is 83.5 cm³/mol.